The summed E-state index contributed by atoms with van der Waals surface area (Å²) in [7, 11) is 2.16. The van der Waals surface area contributed by atoms with Crippen molar-refractivity contribution in [2.45, 2.75) is 25.0 Å². The molecule has 0 aliphatic carbocycles. The number of nitrogens with one attached hydrogen (secondary N) is 1. The normalized spacial score (nSPS) is 24.9. The van der Waals surface area contributed by atoms with Crippen LogP contribution in [-0.4, -0.2) is 70.6 Å². The van der Waals surface area contributed by atoms with Gasteiger partial charge in [0.25, 0.3) is 5.91 Å². The van der Waals surface area contributed by atoms with Gasteiger partial charge in [-0.3, -0.25) is 9.69 Å². The van der Waals surface area contributed by atoms with Crippen LogP contribution in [-0.2, 0) is 6.54 Å². The summed E-state index contributed by atoms with van der Waals surface area (Å²) in [6.07, 6.45) is 6.34. The van der Waals surface area contributed by atoms with Crippen molar-refractivity contribution in [1.82, 2.24) is 24.7 Å². The lowest BCUT2D eigenvalue weighted by molar-refractivity contribution is 0.0907. The van der Waals surface area contributed by atoms with Crippen molar-refractivity contribution in [3.63, 3.8) is 0 Å². The van der Waals surface area contributed by atoms with Crippen LogP contribution < -0.4 is 5.32 Å². The van der Waals surface area contributed by atoms with Crippen LogP contribution >= 0.6 is 0 Å². The lowest BCUT2D eigenvalue weighted by atomic mass is 10.1. The molecule has 4 heterocycles. The Labute approximate surface area is 141 Å². The van der Waals surface area contributed by atoms with Crippen molar-refractivity contribution < 1.29 is 9.21 Å². The Morgan fingerprint density at radius 3 is 3.12 bits per heavy atom. The molecule has 2 fully saturated rings. The Hall–Kier alpha value is -2.12. The molecule has 2 aromatic heterocycles. The summed E-state index contributed by atoms with van der Waals surface area (Å²) >= 11 is 0. The van der Waals surface area contributed by atoms with Crippen LogP contribution in [0.1, 0.15) is 22.7 Å². The number of carbonyl (C=O) groups is 1. The first kappa shape index (κ1) is 15.4. The summed E-state index contributed by atoms with van der Waals surface area (Å²) in [5.41, 5.74) is 0. The van der Waals surface area contributed by atoms with Crippen molar-refractivity contribution in [3.8, 4) is 0 Å². The van der Waals surface area contributed by atoms with Crippen molar-refractivity contribution in [3.05, 3.63) is 42.4 Å². The molecule has 2 aliphatic rings. The number of furan rings is 1. The summed E-state index contributed by atoms with van der Waals surface area (Å²) in [5, 5.41) is 3.13. The highest BCUT2D eigenvalue weighted by Crippen LogP contribution is 2.22. The zero-order valence-electron chi connectivity index (χ0n) is 13.9. The molecule has 2 aromatic rings. The zero-order valence-corrected chi connectivity index (χ0v) is 13.9. The fourth-order valence-electron chi connectivity index (χ4n) is 3.70. The number of piperazine rings is 1. The molecule has 0 unspecified atom stereocenters. The van der Waals surface area contributed by atoms with Gasteiger partial charge in [-0.2, -0.15) is 0 Å². The molecule has 1 N–H and O–H groups in total. The molecule has 0 saturated carbocycles. The Bertz CT molecular complexity index is 696. The van der Waals surface area contributed by atoms with Gasteiger partial charge in [-0.25, -0.2) is 4.98 Å². The van der Waals surface area contributed by atoms with E-state index in [-0.39, 0.29) is 11.9 Å². The highest BCUT2D eigenvalue weighted by molar-refractivity contribution is 5.91. The SMILES string of the molecule is CN1CCN2C[C@@H](NC(=O)c3ccc(Cn4ccnc4)o3)C[C@H]2C1. The van der Waals surface area contributed by atoms with Gasteiger partial charge < -0.3 is 19.2 Å². The Morgan fingerprint density at radius 2 is 2.29 bits per heavy atom. The first-order valence-electron chi connectivity index (χ1n) is 8.45. The highest BCUT2D eigenvalue weighted by Gasteiger charge is 2.36. The quantitative estimate of drug-likeness (QED) is 0.892. The number of hydrogen-bond acceptors (Lipinski definition) is 5. The van der Waals surface area contributed by atoms with E-state index in [1.54, 1.807) is 18.6 Å². The molecule has 0 spiro atoms. The summed E-state index contributed by atoms with van der Waals surface area (Å²) in [6, 6.07) is 4.36. The first-order chi connectivity index (χ1) is 11.7. The van der Waals surface area contributed by atoms with Gasteiger partial charge in [0, 0.05) is 50.7 Å². The van der Waals surface area contributed by atoms with Crippen LogP contribution in [0, 0.1) is 0 Å². The van der Waals surface area contributed by atoms with Crippen molar-refractivity contribution >= 4 is 5.91 Å². The number of amides is 1. The minimum atomic E-state index is -0.120. The molecular weight excluding hydrogens is 306 g/mol. The number of carbonyl (C=O) groups excluding carboxylic acids is 1. The summed E-state index contributed by atoms with van der Waals surface area (Å²) in [4.78, 5) is 21.3. The zero-order chi connectivity index (χ0) is 16.5. The van der Waals surface area contributed by atoms with Crippen LogP contribution in [0.5, 0.6) is 0 Å². The van der Waals surface area contributed by atoms with Gasteiger partial charge in [-0.05, 0) is 25.6 Å². The van der Waals surface area contributed by atoms with Crippen LogP contribution in [0.3, 0.4) is 0 Å². The lowest BCUT2D eigenvalue weighted by Crippen LogP contribution is -2.48. The van der Waals surface area contributed by atoms with Gasteiger partial charge in [0.05, 0.1) is 12.9 Å². The molecule has 0 aromatic carbocycles. The number of hydrogen-bond donors (Lipinski definition) is 1. The van der Waals surface area contributed by atoms with Crippen LogP contribution in [0.2, 0.25) is 0 Å². The van der Waals surface area contributed by atoms with E-state index in [9.17, 15) is 4.79 Å². The van der Waals surface area contributed by atoms with Gasteiger partial charge in [0.15, 0.2) is 5.76 Å². The topological polar surface area (TPSA) is 66.5 Å². The number of rotatable bonds is 4. The van der Waals surface area contributed by atoms with E-state index < -0.39 is 0 Å². The Morgan fingerprint density at radius 1 is 1.38 bits per heavy atom. The number of fused-ring (bicyclic) bond motifs is 1. The van der Waals surface area contributed by atoms with E-state index in [0.29, 0.717) is 18.3 Å². The fourth-order valence-corrected chi connectivity index (χ4v) is 3.70. The fraction of sp³-hybridized carbons (Fsp3) is 0.529. The predicted octanol–water partition coefficient (Wildman–Crippen LogP) is 0.643. The maximum Gasteiger partial charge on any atom is 0.287 e. The maximum atomic E-state index is 12.4. The molecule has 1 amide bonds. The van der Waals surface area contributed by atoms with E-state index in [1.807, 2.05) is 16.8 Å². The number of likely N-dealkylation sites (N-methyl/N-ethyl adjacent to an activating group) is 1. The third-order valence-electron chi connectivity index (χ3n) is 4.94. The van der Waals surface area contributed by atoms with E-state index in [2.05, 4.69) is 27.1 Å². The van der Waals surface area contributed by atoms with Crippen LogP contribution in [0.15, 0.2) is 35.3 Å². The molecule has 7 nitrogen and oxygen atoms in total. The van der Waals surface area contributed by atoms with Crippen molar-refractivity contribution in [2.75, 3.05) is 33.2 Å². The third-order valence-corrected chi connectivity index (χ3v) is 4.94. The minimum Gasteiger partial charge on any atom is -0.454 e. The van der Waals surface area contributed by atoms with E-state index in [1.165, 1.54) is 0 Å². The smallest absolute Gasteiger partial charge is 0.287 e. The minimum absolute atomic E-state index is 0.120. The van der Waals surface area contributed by atoms with Crippen LogP contribution in [0.4, 0.5) is 0 Å². The van der Waals surface area contributed by atoms with Crippen LogP contribution in [0.25, 0.3) is 0 Å². The summed E-state index contributed by atoms with van der Waals surface area (Å²) in [5.74, 6) is 1.01. The number of nitrogens with zero attached hydrogens (tertiary/aromatic N) is 4. The van der Waals surface area contributed by atoms with Crippen molar-refractivity contribution in [1.29, 1.82) is 0 Å². The van der Waals surface area contributed by atoms with Gasteiger partial charge in [-0.1, -0.05) is 0 Å². The standard InChI is InChI=1S/C17H23N5O2/c1-20-6-7-22-9-13(8-14(22)10-20)19-17(23)16-3-2-15(24-16)11-21-5-4-18-12-21/h2-5,12-14H,6-11H2,1H3,(H,19,23)/t13-,14-/m0/s1. The van der Waals surface area contributed by atoms with Gasteiger partial charge in [0.2, 0.25) is 0 Å². The first-order valence-corrected chi connectivity index (χ1v) is 8.45. The molecule has 2 saturated heterocycles. The molecule has 2 aliphatic heterocycles. The second-order valence-electron chi connectivity index (χ2n) is 6.82. The summed E-state index contributed by atoms with van der Waals surface area (Å²) < 4.78 is 7.59. The largest absolute Gasteiger partial charge is 0.454 e. The Balaban J connectivity index is 1.34. The van der Waals surface area contributed by atoms with Crippen molar-refractivity contribution in [2.24, 2.45) is 0 Å². The number of imidazole rings is 1. The third kappa shape index (κ3) is 3.22. The molecule has 0 radical (unpaired) electrons. The molecule has 128 valence electrons. The molecule has 4 rings (SSSR count). The molecule has 7 heteroatoms. The van der Waals surface area contributed by atoms with E-state index in [4.69, 9.17) is 4.42 Å². The molecule has 24 heavy (non-hydrogen) atoms. The predicted molar refractivity (Wildman–Crippen MR) is 88.8 cm³/mol. The van der Waals surface area contributed by atoms with Gasteiger partial charge in [-0.15, -0.1) is 0 Å². The highest BCUT2D eigenvalue weighted by atomic mass is 16.4. The Kier molecular flexibility index (Phi) is 4.12. The van der Waals surface area contributed by atoms with Gasteiger partial charge in [0.1, 0.15) is 5.76 Å². The van der Waals surface area contributed by atoms with E-state index in [0.717, 1.165) is 38.4 Å². The van der Waals surface area contributed by atoms with Gasteiger partial charge >= 0.3 is 0 Å². The maximum absolute atomic E-state index is 12.4. The molecule has 2 atom stereocenters. The molecule has 0 bridgehead atoms. The lowest BCUT2D eigenvalue weighted by Gasteiger charge is -2.34. The monoisotopic (exact) mass is 329 g/mol. The summed E-state index contributed by atoms with van der Waals surface area (Å²) in [6.45, 7) is 4.80. The average molecular weight is 329 g/mol. The second-order valence-corrected chi connectivity index (χ2v) is 6.82. The number of aromatic nitrogens is 2. The molecular formula is C17H23N5O2. The average Bonchev–Trinajstić information content (AvgIpc) is 3.27. The van der Waals surface area contributed by atoms with E-state index >= 15 is 0 Å². The second kappa shape index (κ2) is 6.41.